The fourth-order valence-corrected chi connectivity index (χ4v) is 4.16. The van der Waals surface area contributed by atoms with Crippen LogP contribution in [0.1, 0.15) is 15.9 Å². The largest absolute Gasteiger partial charge is 0.486 e. The minimum absolute atomic E-state index is 0.0138. The molecule has 0 unspecified atom stereocenters. The van der Waals surface area contributed by atoms with Crippen LogP contribution in [0.5, 0.6) is 11.5 Å². The Balaban J connectivity index is 1.36. The van der Waals surface area contributed by atoms with Gasteiger partial charge in [0.2, 0.25) is 0 Å². The molecule has 0 atom stereocenters. The van der Waals surface area contributed by atoms with Gasteiger partial charge in [0.1, 0.15) is 13.2 Å². The molecule has 4 rings (SSSR count). The molecule has 148 valence electrons. The quantitative estimate of drug-likeness (QED) is 0.706. The second-order valence-electron chi connectivity index (χ2n) is 6.89. The molecule has 5 nitrogen and oxygen atoms in total. The highest BCUT2D eigenvalue weighted by molar-refractivity contribution is 7.98. The third-order valence-electron chi connectivity index (χ3n) is 5.08. The van der Waals surface area contributed by atoms with E-state index in [1.165, 1.54) is 5.56 Å². The van der Waals surface area contributed by atoms with Gasteiger partial charge >= 0.3 is 0 Å². The van der Waals surface area contributed by atoms with E-state index < -0.39 is 0 Å². The summed E-state index contributed by atoms with van der Waals surface area (Å²) in [5.74, 6) is 1.65. The second kappa shape index (κ2) is 8.64. The molecule has 2 aliphatic rings. The second-order valence-corrected chi connectivity index (χ2v) is 8.18. The van der Waals surface area contributed by atoms with Gasteiger partial charge in [-0.05, 0) is 42.2 Å². The van der Waals surface area contributed by atoms with Crippen molar-refractivity contribution in [1.29, 1.82) is 0 Å². The van der Waals surface area contributed by atoms with E-state index in [2.05, 4.69) is 17.0 Å². The number of nitrogens with zero attached hydrogens (tertiary/aromatic N) is 2. The lowest BCUT2D eigenvalue weighted by molar-refractivity contribution is 0.0628. The molecular formula is C21H23ClN2O3S. The van der Waals surface area contributed by atoms with Crippen molar-refractivity contribution >= 4 is 29.3 Å². The van der Waals surface area contributed by atoms with Gasteiger partial charge < -0.3 is 14.4 Å². The zero-order valence-electron chi connectivity index (χ0n) is 15.8. The van der Waals surface area contributed by atoms with E-state index in [-0.39, 0.29) is 5.91 Å². The molecule has 2 aromatic carbocycles. The van der Waals surface area contributed by atoms with Crippen LogP contribution in [0.25, 0.3) is 0 Å². The number of hydrogen-bond donors (Lipinski definition) is 0. The summed E-state index contributed by atoms with van der Waals surface area (Å²) in [5, 5.41) is 0.515. The van der Waals surface area contributed by atoms with Gasteiger partial charge in [0, 0.05) is 37.6 Å². The fraction of sp³-hybridized carbons (Fsp3) is 0.381. The zero-order chi connectivity index (χ0) is 19.5. The lowest BCUT2D eigenvalue weighted by Crippen LogP contribution is -2.48. The molecule has 0 aromatic heterocycles. The van der Waals surface area contributed by atoms with Crippen molar-refractivity contribution in [2.75, 3.05) is 45.6 Å². The highest BCUT2D eigenvalue weighted by Gasteiger charge is 2.24. The van der Waals surface area contributed by atoms with Gasteiger partial charge in [-0.25, -0.2) is 0 Å². The average molecular weight is 419 g/mol. The number of benzene rings is 2. The molecule has 0 spiro atoms. The lowest BCUT2D eigenvalue weighted by atomic mass is 10.1. The Labute approximate surface area is 174 Å². The molecule has 0 bridgehead atoms. The Morgan fingerprint density at radius 3 is 2.54 bits per heavy atom. The number of carbonyl (C=O) groups excluding carboxylic acids is 1. The number of piperazine rings is 1. The first kappa shape index (κ1) is 19.4. The average Bonchev–Trinajstić information content (AvgIpc) is 2.74. The Hall–Kier alpha value is -1.89. The molecule has 1 amide bonds. The van der Waals surface area contributed by atoms with E-state index in [1.54, 1.807) is 17.8 Å². The van der Waals surface area contributed by atoms with Crippen LogP contribution in [0.15, 0.2) is 41.3 Å². The van der Waals surface area contributed by atoms with Gasteiger partial charge in [-0.3, -0.25) is 9.69 Å². The van der Waals surface area contributed by atoms with Crippen LogP contribution in [0, 0.1) is 0 Å². The maximum Gasteiger partial charge on any atom is 0.255 e. The van der Waals surface area contributed by atoms with Gasteiger partial charge in [-0.15, -0.1) is 11.8 Å². The van der Waals surface area contributed by atoms with E-state index >= 15 is 0 Å². The Kier molecular flexibility index (Phi) is 5.99. The molecule has 2 heterocycles. The van der Waals surface area contributed by atoms with E-state index in [1.807, 2.05) is 29.4 Å². The Morgan fingerprint density at radius 2 is 1.79 bits per heavy atom. The summed E-state index contributed by atoms with van der Waals surface area (Å²) < 4.78 is 11.3. The summed E-state index contributed by atoms with van der Waals surface area (Å²) in [6.07, 6.45) is 1.99. The van der Waals surface area contributed by atoms with Crippen LogP contribution in [0.4, 0.5) is 0 Å². The summed E-state index contributed by atoms with van der Waals surface area (Å²) in [7, 11) is 0. The first-order valence-electron chi connectivity index (χ1n) is 9.38. The van der Waals surface area contributed by atoms with E-state index in [4.69, 9.17) is 21.1 Å². The van der Waals surface area contributed by atoms with Gasteiger partial charge in [0.05, 0.1) is 10.6 Å². The van der Waals surface area contributed by atoms with Crippen molar-refractivity contribution < 1.29 is 14.3 Å². The minimum atomic E-state index is 0.0138. The molecule has 2 aliphatic heterocycles. The summed E-state index contributed by atoms with van der Waals surface area (Å²) in [4.78, 5) is 18.2. The van der Waals surface area contributed by atoms with Crippen molar-refractivity contribution in [3.63, 3.8) is 0 Å². The predicted octanol–water partition coefficient (Wildman–Crippen LogP) is 3.79. The zero-order valence-corrected chi connectivity index (χ0v) is 17.4. The number of amides is 1. The standard InChI is InChI=1S/C21H23ClN2O3S/c1-28-16-3-4-18(22)17(13-16)21(25)24-8-6-23(7-9-24)14-15-2-5-19-20(12-15)27-11-10-26-19/h2-5,12-13H,6-11,14H2,1H3. The SMILES string of the molecule is CSc1ccc(Cl)c(C(=O)N2CCN(Cc3ccc4c(c3)OCCO4)CC2)c1. The van der Waals surface area contributed by atoms with Gasteiger partial charge in [-0.1, -0.05) is 17.7 Å². The van der Waals surface area contributed by atoms with Gasteiger partial charge in [-0.2, -0.15) is 0 Å². The number of rotatable bonds is 4. The van der Waals surface area contributed by atoms with Gasteiger partial charge in [0.15, 0.2) is 11.5 Å². The molecule has 2 aromatic rings. The van der Waals surface area contributed by atoms with Crippen molar-refractivity contribution in [1.82, 2.24) is 9.80 Å². The normalized spacial score (nSPS) is 16.9. The van der Waals surface area contributed by atoms with Crippen LogP contribution in [0.3, 0.4) is 0 Å². The number of hydrogen-bond acceptors (Lipinski definition) is 5. The summed E-state index contributed by atoms with van der Waals surface area (Å²) >= 11 is 7.88. The summed E-state index contributed by atoms with van der Waals surface area (Å²) in [6, 6.07) is 11.7. The van der Waals surface area contributed by atoms with Crippen LogP contribution in [0.2, 0.25) is 5.02 Å². The first-order chi connectivity index (χ1) is 13.6. The monoisotopic (exact) mass is 418 g/mol. The molecule has 0 saturated carbocycles. The van der Waals surface area contributed by atoms with E-state index in [0.717, 1.165) is 36.0 Å². The van der Waals surface area contributed by atoms with Crippen LogP contribution in [-0.4, -0.2) is 61.4 Å². The maximum absolute atomic E-state index is 12.9. The van der Waals surface area contributed by atoms with Crippen LogP contribution < -0.4 is 9.47 Å². The van der Waals surface area contributed by atoms with Crippen LogP contribution >= 0.6 is 23.4 Å². The molecule has 0 N–H and O–H groups in total. The smallest absolute Gasteiger partial charge is 0.255 e. The van der Waals surface area contributed by atoms with Crippen molar-refractivity contribution in [2.45, 2.75) is 11.4 Å². The van der Waals surface area contributed by atoms with Crippen molar-refractivity contribution in [2.24, 2.45) is 0 Å². The Morgan fingerprint density at radius 1 is 1.04 bits per heavy atom. The number of fused-ring (bicyclic) bond motifs is 1. The third-order valence-corrected chi connectivity index (χ3v) is 6.13. The molecule has 0 aliphatic carbocycles. The lowest BCUT2D eigenvalue weighted by Gasteiger charge is -2.35. The summed E-state index contributed by atoms with van der Waals surface area (Å²) in [5.41, 5.74) is 1.79. The predicted molar refractivity (Wildman–Crippen MR) is 112 cm³/mol. The minimum Gasteiger partial charge on any atom is -0.486 e. The number of thioether (sulfide) groups is 1. The highest BCUT2D eigenvalue weighted by Crippen LogP contribution is 2.31. The van der Waals surface area contributed by atoms with Crippen molar-refractivity contribution in [3.8, 4) is 11.5 Å². The molecular weight excluding hydrogens is 396 g/mol. The summed E-state index contributed by atoms with van der Waals surface area (Å²) in [6.45, 7) is 5.09. The number of ether oxygens (including phenoxy) is 2. The molecule has 7 heteroatoms. The number of carbonyl (C=O) groups is 1. The van der Waals surface area contributed by atoms with Crippen molar-refractivity contribution in [3.05, 3.63) is 52.5 Å². The molecule has 1 saturated heterocycles. The first-order valence-corrected chi connectivity index (χ1v) is 11.0. The molecule has 0 radical (unpaired) electrons. The van der Waals surface area contributed by atoms with Crippen LogP contribution in [-0.2, 0) is 6.54 Å². The molecule has 1 fully saturated rings. The third kappa shape index (κ3) is 4.24. The van der Waals surface area contributed by atoms with E-state index in [0.29, 0.717) is 36.9 Å². The van der Waals surface area contributed by atoms with E-state index in [9.17, 15) is 4.79 Å². The maximum atomic E-state index is 12.9. The number of halogens is 1. The topological polar surface area (TPSA) is 42.0 Å². The Bertz CT molecular complexity index is 869. The fourth-order valence-electron chi connectivity index (χ4n) is 3.52. The highest BCUT2D eigenvalue weighted by atomic mass is 35.5. The molecule has 28 heavy (non-hydrogen) atoms. The van der Waals surface area contributed by atoms with Gasteiger partial charge in [0.25, 0.3) is 5.91 Å².